The van der Waals surface area contributed by atoms with E-state index >= 15 is 0 Å². The van der Waals surface area contributed by atoms with Gasteiger partial charge in [0.2, 0.25) is 5.82 Å². The highest BCUT2D eigenvalue weighted by molar-refractivity contribution is 5.90. The molecule has 0 bridgehead atoms. The summed E-state index contributed by atoms with van der Waals surface area (Å²) < 4.78 is 16.4. The number of aryl methyl sites for hydroxylation is 1. The molecule has 0 fully saturated rings. The Balaban J connectivity index is 1.53. The second-order valence-corrected chi connectivity index (χ2v) is 6.89. The van der Waals surface area contributed by atoms with Gasteiger partial charge < -0.3 is 4.90 Å². The fraction of sp³-hybridized carbons (Fsp3) is 0.190. The maximum atomic E-state index is 13.2. The maximum Gasteiger partial charge on any atom is 0.293 e. The summed E-state index contributed by atoms with van der Waals surface area (Å²) in [4.78, 5) is 22.8. The lowest BCUT2D eigenvalue weighted by molar-refractivity contribution is 0.0730. The maximum absolute atomic E-state index is 13.2. The van der Waals surface area contributed by atoms with Crippen LogP contribution in [0.25, 0.3) is 11.4 Å². The summed E-state index contributed by atoms with van der Waals surface area (Å²) >= 11 is 0. The van der Waals surface area contributed by atoms with E-state index in [0.717, 1.165) is 11.3 Å². The summed E-state index contributed by atoms with van der Waals surface area (Å²) in [6.45, 7) is 3.69. The van der Waals surface area contributed by atoms with E-state index in [-0.39, 0.29) is 23.6 Å². The number of carbonyl (C=O) groups is 1. The van der Waals surface area contributed by atoms with Gasteiger partial charge in [-0.15, -0.1) is 5.10 Å². The zero-order chi connectivity index (χ0) is 21.3. The molecule has 0 aliphatic rings. The number of hydrogen-bond acceptors (Lipinski definition) is 5. The Kier molecular flexibility index (Phi) is 5.09. The van der Waals surface area contributed by atoms with Crippen LogP contribution in [0.5, 0.6) is 0 Å². The predicted octanol–water partition coefficient (Wildman–Crippen LogP) is 3.13. The normalized spacial score (nSPS) is 12.0. The molecule has 0 saturated heterocycles. The molecule has 0 spiro atoms. The molecule has 0 aliphatic heterocycles. The third-order valence-electron chi connectivity index (χ3n) is 4.99. The number of carbonyl (C=O) groups excluding carboxylic acids is 1. The van der Waals surface area contributed by atoms with Crippen LogP contribution >= 0.6 is 0 Å². The third-order valence-corrected chi connectivity index (χ3v) is 4.99. The van der Waals surface area contributed by atoms with Crippen LogP contribution in [0.15, 0.2) is 61.2 Å². The Morgan fingerprint density at radius 1 is 1.07 bits per heavy atom. The van der Waals surface area contributed by atoms with Gasteiger partial charge in [-0.3, -0.25) is 4.79 Å². The molecule has 2 aromatic heterocycles. The van der Waals surface area contributed by atoms with Crippen LogP contribution in [-0.2, 0) is 0 Å². The van der Waals surface area contributed by atoms with Crippen molar-refractivity contribution in [3.8, 4) is 11.4 Å². The van der Waals surface area contributed by atoms with E-state index in [2.05, 4.69) is 20.2 Å². The number of rotatable bonds is 5. The number of amides is 1. The predicted molar refractivity (Wildman–Crippen MR) is 108 cm³/mol. The van der Waals surface area contributed by atoms with Crippen molar-refractivity contribution in [2.75, 3.05) is 7.05 Å². The molecule has 1 unspecified atom stereocenters. The first kappa shape index (κ1) is 19.4. The Hall–Kier alpha value is -3.88. The molecule has 4 rings (SSSR count). The van der Waals surface area contributed by atoms with Gasteiger partial charge in [0.1, 0.15) is 24.3 Å². The third kappa shape index (κ3) is 3.69. The average Bonchev–Trinajstić information content (AvgIpc) is 3.43. The van der Waals surface area contributed by atoms with Gasteiger partial charge in [-0.05, 0) is 55.8 Å². The summed E-state index contributed by atoms with van der Waals surface area (Å²) in [6.07, 6.45) is 3.10. The second-order valence-electron chi connectivity index (χ2n) is 6.89. The second kappa shape index (κ2) is 7.86. The number of hydrogen-bond donors (Lipinski definition) is 0. The van der Waals surface area contributed by atoms with Crippen molar-refractivity contribution >= 4 is 5.91 Å². The Labute approximate surface area is 172 Å². The SMILES string of the molecule is Cc1nc(C(=O)N(C)C(C)c2ccc(-n3cncn3)cc2)nn1-c1ccc(F)cc1. The lowest BCUT2D eigenvalue weighted by Crippen LogP contribution is -2.30. The highest BCUT2D eigenvalue weighted by Crippen LogP contribution is 2.22. The fourth-order valence-corrected chi connectivity index (χ4v) is 3.11. The zero-order valence-corrected chi connectivity index (χ0v) is 16.8. The van der Waals surface area contributed by atoms with Crippen LogP contribution in [-0.4, -0.2) is 47.4 Å². The van der Waals surface area contributed by atoms with Crippen molar-refractivity contribution in [2.24, 2.45) is 0 Å². The van der Waals surface area contributed by atoms with E-state index < -0.39 is 0 Å². The summed E-state index contributed by atoms with van der Waals surface area (Å²) in [5, 5.41) is 8.43. The van der Waals surface area contributed by atoms with Gasteiger partial charge in [-0.1, -0.05) is 12.1 Å². The van der Waals surface area contributed by atoms with Crippen molar-refractivity contribution in [3.05, 3.63) is 84.2 Å². The van der Waals surface area contributed by atoms with Crippen molar-refractivity contribution in [3.63, 3.8) is 0 Å². The number of benzene rings is 2. The standard InChI is InChI=1S/C21H20FN7O/c1-14(16-4-8-18(9-5-16)28-13-23-12-24-28)27(3)21(30)20-25-15(2)29(26-20)19-10-6-17(22)7-11-19/h4-14H,1-3H3. The van der Waals surface area contributed by atoms with Gasteiger partial charge in [0, 0.05) is 7.05 Å². The minimum atomic E-state index is -0.337. The summed E-state index contributed by atoms with van der Waals surface area (Å²) in [7, 11) is 1.71. The minimum Gasteiger partial charge on any atom is -0.332 e. The van der Waals surface area contributed by atoms with Crippen molar-refractivity contribution in [1.29, 1.82) is 0 Å². The summed E-state index contributed by atoms with van der Waals surface area (Å²) in [5.41, 5.74) is 2.48. The molecule has 9 heteroatoms. The molecular weight excluding hydrogens is 385 g/mol. The van der Waals surface area contributed by atoms with E-state index in [0.29, 0.717) is 11.5 Å². The van der Waals surface area contributed by atoms with Gasteiger partial charge in [-0.25, -0.2) is 23.7 Å². The van der Waals surface area contributed by atoms with Crippen LogP contribution in [0.3, 0.4) is 0 Å². The van der Waals surface area contributed by atoms with Crippen molar-refractivity contribution < 1.29 is 9.18 Å². The van der Waals surface area contributed by atoms with E-state index in [9.17, 15) is 9.18 Å². The molecule has 1 amide bonds. The lowest BCUT2D eigenvalue weighted by atomic mass is 10.1. The van der Waals surface area contributed by atoms with E-state index in [1.54, 1.807) is 42.0 Å². The molecule has 30 heavy (non-hydrogen) atoms. The first-order valence-electron chi connectivity index (χ1n) is 9.36. The van der Waals surface area contributed by atoms with Gasteiger partial charge in [0.25, 0.3) is 5.91 Å². The Bertz CT molecular complexity index is 1150. The number of halogens is 1. The minimum absolute atomic E-state index is 0.0883. The molecule has 1 atom stereocenters. The first-order valence-corrected chi connectivity index (χ1v) is 9.36. The van der Waals surface area contributed by atoms with Gasteiger partial charge in [0.05, 0.1) is 17.4 Å². The number of nitrogens with zero attached hydrogens (tertiary/aromatic N) is 7. The Morgan fingerprint density at radius 3 is 2.37 bits per heavy atom. The fourth-order valence-electron chi connectivity index (χ4n) is 3.11. The largest absolute Gasteiger partial charge is 0.332 e. The van der Waals surface area contributed by atoms with Crippen LogP contribution in [0, 0.1) is 12.7 Å². The van der Waals surface area contributed by atoms with Crippen molar-refractivity contribution in [1.82, 2.24) is 34.4 Å². The molecule has 0 radical (unpaired) electrons. The lowest BCUT2D eigenvalue weighted by Gasteiger charge is -2.24. The molecule has 0 aliphatic carbocycles. The molecular formula is C21H20FN7O. The Morgan fingerprint density at radius 2 is 1.73 bits per heavy atom. The smallest absolute Gasteiger partial charge is 0.293 e. The van der Waals surface area contributed by atoms with Crippen LogP contribution < -0.4 is 0 Å². The average molecular weight is 405 g/mol. The van der Waals surface area contributed by atoms with E-state index in [4.69, 9.17) is 0 Å². The number of aromatic nitrogens is 6. The molecule has 8 nitrogen and oxygen atoms in total. The molecule has 4 aromatic rings. The highest BCUT2D eigenvalue weighted by atomic mass is 19.1. The van der Waals surface area contributed by atoms with Crippen LogP contribution in [0.1, 0.15) is 35.0 Å². The monoisotopic (exact) mass is 405 g/mol. The van der Waals surface area contributed by atoms with Crippen LogP contribution in [0.2, 0.25) is 0 Å². The molecule has 2 aromatic carbocycles. The summed E-state index contributed by atoms with van der Waals surface area (Å²) in [5.74, 6) is -0.00311. The summed E-state index contributed by atoms with van der Waals surface area (Å²) in [6, 6.07) is 13.4. The van der Waals surface area contributed by atoms with Crippen molar-refractivity contribution in [2.45, 2.75) is 19.9 Å². The van der Waals surface area contributed by atoms with Gasteiger partial charge in [0.15, 0.2) is 0 Å². The van der Waals surface area contributed by atoms with Crippen LogP contribution in [0.4, 0.5) is 4.39 Å². The first-order chi connectivity index (χ1) is 14.4. The molecule has 0 saturated carbocycles. The zero-order valence-electron chi connectivity index (χ0n) is 16.8. The topological polar surface area (TPSA) is 81.7 Å². The van der Waals surface area contributed by atoms with Gasteiger partial charge >= 0.3 is 0 Å². The quantitative estimate of drug-likeness (QED) is 0.510. The highest BCUT2D eigenvalue weighted by Gasteiger charge is 2.23. The molecule has 152 valence electrons. The molecule has 0 N–H and O–H groups in total. The van der Waals surface area contributed by atoms with E-state index in [1.807, 2.05) is 31.2 Å². The van der Waals surface area contributed by atoms with E-state index in [1.165, 1.54) is 23.1 Å². The van der Waals surface area contributed by atoms with Gasteiger partial charge in [-0.2, -0.15) is 5.10 Å². The molecule has 2 heterocycles.